The first-order valence-electron chi connectivity index (χ1n) is 8.58. The number of carbonyl (C=O) groups is 1. The van der Waals surface area contributed by atoms with Crippen molar-refractivity contribution in [3.05, 3.63) is 55.4 Å². The van der Waals surface area contributed by atoms with E-state index in [1.165, 1.54) is 6.33 Å². The van der Waals surface area contributed by atoms with E-state index in [2.05, 4.69) is 30.3 Å². The van der Waals surface area contributed by atoms with Gasteiger partial charge in [-0.1, -0.05) is 12.1 Å². The molecule has 26 heavy (non-hydrogen) atoms. The molecular weight excluding hydrogens is 330 g/mol. The van der Waals surface area contributed by atoms with E-state index in [0.29, 0.717) is 12.5 Å². The number of benzene rings is 1. The number of amides is 1. The van der Waals surface area contributed by atoms with Gasteiger partial charge in [0.1, 0.15) is 12.7 Å². The molecule has 1 aliphatic heterocycles. The highest BCUT2D eigenvalue weighted by molar-refractivity contribution is 5.94. The largest absolute Gasteiger partial charge is 0.340 e. The van der Waals surface area contributed by atoms with Crippen LogP contribution in [0.15, 0.2) is 55.4 Å². The average molecular weight is 349 g/mol. The molecule has 8 nitrogen and oxygen atoms in total. The van der Waals surface area contributed by atoms with Gasteiger partial charge in [0.2, 0.25) is 11.9 Å². The van der Waals surface area contributed by atoms with Crippen LogP contribution in [0.3, 0.4) is 0 Å². The van der Waals surface area contributed by atoms with Gasteiger partial charge in [0.15, 0.2) is 0 Å². The maximum absolute atomic E-state index is 12.8. The number of aromatic nitrogens is 5. The van der Waals surface area contributed by atoms with Crippen molar-refractivity contribution in [1.82, 2.24) is 24.7 Å². The van der Waals surface area contributed by atoms with Crippen LogP contribution < -0.4 is 10.2 Å². The normalized spacial score (nSPS) is 17.1. The fourth-order valence-corrected chi connectivity index (χ4v) is 3.17. The Kier molecular flexibility index (Phi) is 4.55. The number of para-hydroxylation sites is 2. The van der Waals surface area contributed by atoms with Crippen LogP contribution in [-0.4, -0.2) is 43.7 Å². The van der Waals surface area contributed by atoms with Gasteiger partial charge < -0.3 is 10.2 Å². The van der Waals surface area contributed by atoms with Crippen molar-refractivity contribution in [3.8, 4) is 5.69 Å². The number of nitrogens with zero attached hydrogens (tertiary/aromatic N) is 6. The number of nitrogens with one attached hydrogen (secondary N) is 1. The van der Waals surface area contributed by atoms with Crippen LogP contribution in [-0.2, 0) is 4.79 Å². The number of hydrogen-bond donors (Lipinski definition) is 1. The minimum atomic E-state index is -0.114. The molecule has 0 aliphatic carbocycles. The number of carbonyl (C=O) groups excluding carboxylic acids is 1. The molecule has 1 aliphatic rings. The van der Waals surface area contributed by atoms with E-state index < -0.39 is 0 Å². The summed E-state index contributed by atoms with van der Waals surface area (Å²) in [7, 11) is 0. The zero-order valence-electron chi connectivity index (χ0n) is 14.2. The van der Waals surface area contributed by atoms with Crippen LogP contribution in [0.5, 0.6) is 0 Å². The third kappa shape index (κ3) is 3.39. The average Bonchev–Trinajstić information content (AvgIpc) is 3.24. The van der Waals surface area contributed by atoms with Crippen LogP contribution >= 0.6 is 0 Å². The highest BCUT2D eigenvalue weighted by atomic mass is 16.1. The first-order chi connectivity index (χ1) is 12.8. The van der Waals surface area contributed by atoms with E-state index in [0.717, 1.165) is 30.8 Å². The third-order valence-electron chi connectivity index (χ3n) is 4.45. The molecule has 3 aromatic rings. The summed E-state index contributed by atoms with van der Waals surface area (Å²) in [6, 6.07) is 9.35. The lowest BCUT2D eigenvalue weighted by Crippen LogP contribution is -2.41. The first kappa shape index (κ1) is 16.2. The molecule has 3 heterocycles. The second-order valence-corrected chi connectivity index (χ2v) is 6.18. The van der Waals surface area contributed by atoms with Gasteiger partial charge in [0.25, 0.3) is 0 Å². The Balaban J connectivity index is 1.49. The molecule has 0 radical (unpaired) electrons. The summed E-state index contributed by atoms with van der Waals surface area (Å²) >= 11 is 0. The molecule has 1 aromatic carbocycles. The van der Waals surface area contributed by atoms with Crippen LogP contribution in [0.2, 0.25) is 0 Å². The predicted molar refractivity (Wildman–Crippen MR) is 97.0 cm³/mol. The molecule has 0 spiro atoms. The molecule has 0 unspecified atom stereocenters. The Bertz CT molecular complexity index is 866. The van der Waals surface area contributed by atoms with E-state index in [-0.39, 0.29) is 11.8 Å². The summed E-state index contributed by atoms with van der Waals surface area (Å²) in [5, 5.41) is 7.19. The van der Waals surface area contributed by atoms with Gasteiger partial charge in [-0.3, -0.25) is 4.79 Å². The molecule has 1 amide bonds. The van der Waals surface area contributed by atoms with Crippen molar-refractivity contribution in [2.45, 2.75) is 12.8 Å². The Morgan fingerprint density at radius 1 is 1.15 bits per heavy atom. The summed E-state index contributed by atoms with van der Waals surface area (Å²) in [5.41, 5.74) is 1.51. The molecule has 0 saturated carbocycles. The van der Waals surface area contributed by atoms with Gasteiger partial charge in [-0.15, -0.1) is 0 Å². The fraction of sp³-hybridized carbons (Fsp3) is 0.278. The van der Waals surface area contributed by atoms with E-state index in [9.17, 15) is 4.79 Å². The SMILES string of the molecule is O=C(Nc1ccccc1-n1cncn1)[C@H]1CCCN(c2ncccn2)C1. The second-order valence-electron chi connectivity index (χ2n) is 6.18. The van der Waals surface area contributed by atoms with E-state index in [4.69, 9.17) is 0 Å². The topological polar surface area (TPSA) is 88.8 Å². The van der Waals surface area contributed by atoms with Crippen molar-refractivity contribution < 1.29 is 4.79 Å². The summed E-state index contributed by atoms with van der Waals surface area (Å²) in [6.45, 7) is 1.48. The van der Waals surface area contributed by atoms with Gasteiger partial charge in [0, 0.05) is 25.5 Å². The zero-order chi connectivity index (χ0) is 17.8. The van der Waals surface area contributed by atoms with Gasteiger partial charge in [0.05, 0.1) is 17.3 Å². The molecule has 132 valence electrons. The minimum absolute atomic E-state index is 0.00167. The van der Waals surface area contributed by atoms with Gasteiger partial charge in [-0.2, -0.15) is 5.10 Å². The van der Waals surface area contributed by atoms with E-state index in [1.54, 1.807) is 29.5 Å². The molecular formula is C18H19N7O. The van der Waals surface area contributed by atoms with Crippen molar-refractivity contribution in [2.75, 3.05) is 23.3 Å². The molecule has 1 N–H and O–H groups in total. The quantitative estimate of drug-likeness (QED) is 0.774. The summed E-state index contributed by atoms with van der Waals surface area (Å²) in [6.07, 6.45) is 8.31. The van der Waals surface area contributed by atoms with Crippen LogP contribution in [0, 0.1) is 5.92 Å². The van der Waals surface area contributed by atoms with E-state index in [1.807, 2.05) is 24.3 Å². The first-order valence-corrected chi connectivity index (χ1v) is 8.58. The Morgan fingerprint density at radius 2 is 2.00 bits per heavy atom. The number of rotatable bonds is 4. The highest BCUT2D eigenvalue weighted by Gasteiger charge is 2.27. The number of hydrogen-bond acceptors (Lipinski definition) is 6. The lowest BCUT2D eigenvalue weighted by Gasteiger charge is -2.32. The van der Waals surface area contributed by atoms with Gasteiger partial charge in [-0.05, 0) is 31.0 Å². The monoisotopic (exact) mass is 349 g/mol. The molecule has 1 atom stereocenters. The van der Waals surface area contributed by atoms with Gasteiger partial charge in [-0.25, -0.2) is 19.6 Å². The summed E-state index contributed by atoms with van der Waals surface area (Å²) < 4.78 is 1.64. The molecule has 1 saturated heterocycles. The zero-order valence-corrected chi connectivity index (χ0v) is 14.2. The smallest absolute Gasteiger partial charge is 0.229 e. The second kappa shape index (κ2) is 7.30. The van der Waals surface area contributed by atoms with Crippen molar-refractivity contribution >= 4 is 17.5 Å². The molecule has 8 heteroatoms. The molecule has 0 bridgehead atoms. The maximum Gasteiger partial charge on any atom is 0.229 e. The molecule has 1 fully saturated rings. The third-order valence-corrected chi connectivity index (χ3v) is 4.45. The van der Waals surface area contributed by atoms with E-state index >= 15 is 0 Å². The highest BCUT2D eigenvalue weighted by Crippen LogP contribution is 2.24. The van der Waals surface area contributed by atoms with Crippen LogP contribution in [0.25, 0.3) is 5.69 Å². The van der Waals surface area contributed by atoms with Crippen LogP contribution in [0.1, 0.15) is 12.8 Å². The van der Waals surface area contributed by atoms with Crippen molar-refractivity contribution in [1.29, 1.82) is 0 Å². The predicted octanol–water partition coefficient (Wildman–Crippen LogP) is 1.91. The fourth-order valence-electron chi connectivity index (χ4n) is 3.17. The lowest BCUT2D eigenvalue weighted by molar-refractivity contribution is -0.120. The van der Waals surface area contributed by atoms with Crippen LogP contribution in [0.4, 0.5) is 11.6 Å². The number of piperidine rings is 1. The maximum atomic E-state index is 12.8. The molecule has 2 aromatic heterocycles. The Labute approximate surface area is 150 Å². The lowest BCUT2D eigenvalue weighted by atomic mass is 9.97. The summed E-state index contributed by atoms with van der Waals surface area (Å²) in [5.74, 6) is 0.558. The minimum Gasteiger partial charge on any atom is -0.340 e. The Morgan fingerprint density at radius 3 is 2.81 bits per heavy atom. The summed E-state index contributed by atoms with van der Waals surface area (Å²) in [4.78, 5) is 27.5. The standard InChI is InChI=1S/C18H19N7O/c26-17(14-5-3-10-24(11-14)18-20-8-4-9-21-18)23-15-6-1-2-7-16(15)25-13-19-12-22-25/h1-2,4,6-9,12-14H,3,5,10-11H2,(H,23,26)/t14-/m0/s1. The Hall–Kier alpha value is -3.29. The molecule has 4 rings (SSSR count). The van der Waals surface area contributed by atoms with Crippen molar-refractivity contribution in [2.24, 2.45) is 5.92 Å². The number of anilines is 2. The van der Waals surface area contributed by atoms with Gasteiger partial charge >= 0.3 is 0 Å². The van der Waals surface area contributed by atoms with Crippen molar-refractivity contribution in [3.63, 3.8) is 0 Å².